The van der Waals surface area contributed by atoms with Gasteiger partial charge in [0.1, 0.15) is 6.04 Å². The molecule has 6 nitrogen and oxygen atoms in total. The average Bonchev–Trinajstić information content (AvgIpc) is 3.55. The maximum absolute atomic E-state index is 13.9. The third-order valence-corrected chi connectivity index (χ3v) is 7.54. The molecular weight excluding hydrogens is 460 g/mol. The number of nitrogens with zero attached hydrogens (tertiary/aromatic N) is 1. The van der Waals surface area contributed by atoms with Gasteiger partial charge in [0.2, 0.25) is 18.6 Å². The summed E-state index contributed by atoms with van der Waals surface area (Å²) >= 11 is 1.54. The van der Waals surface area contributed by atoms with E-state index in [4.69, 9.17) is 9.47 Å². The molecule has 182 valence electrons. The van der Waals surface area contributed by atoms with E-state index >= 15 is 0 Å². The first kappa shape index (κ1) is 23.4. The molecule has 0 spiro atoms. The summed E-state index contributed by atoms with van der Waals surface area (Å²) in [6.07, 6.45) is 5.59. The van der Waals surface area contributed by atoms with Crippen LogP contribution < -0.4 is 19.7 Å². The van der Waals surface area contributed by atoms with Crippen molar-refractivity contribution in [3.63, 3.8) is 0 Å². The van der Waals surface area contributed by atoms with Crippen LogP contribution in [0.15, 0.2) is 60.0 Å². The van der Waals surface area contributed by atoms with Gasteiger partial charge < -0.3 is 14.8 Å². The number of amides is 2. The van der Waals surface area contributed by atoms with Crippen molar-refractivity contribution in [2.45, 2.75) is 57.5 Å². The highest BCUT2D eigenvalue weighted by Crippen LogP contribution is 2.38. The van der Waals surface area contributed by atoms with Crippen LogP contribution in [0.3, 0.4) is 0 Å². The summed E-state index contributed by atoms with van der Waals surface area (Å²) < 4.78 is 11.1. The summed E-state index contributed by atoms with van der Waals surface area (Å²) in [4.78, 5) is 30.3. The number of aryl methyl sites for hydroxylation is 1. The first-order valence-corrected chi connectivity index (χ1v) is 13.1. The molecule has 1 saturated carbocycles. The number of thiophene rings is 1. The van der Waals surface area contributed by atoms with Gasteiger partial charge in [-0.05, 0) is 48.9 Å². The molecule has 7 heteroatoms. The zero-order valence-corrected chi connectivity index (χ0v) is 20.7. The number of ether oxygens (including phenoxy) is 2. The fourth-order valence-corrected chi connectivity index (χ4v) is 5.51. The molecule has 2 aromatic carbocycles. The van der Waals surface area contributed by atoms with Gasteiger partial charge in [-0.2, -0.15) is 0 Å². The standard InChI is InChI=1S/C28H30N2O4S/c1-19-9-11-20(12-10-19)27(28(32)29-21-6-3-2-4-7-21)30(26(31)17-23-8-5-15-35-23)22-13-14-24-25(16-22)34-18-33-24/h5,8-16,21,27H,2-4,6-7,17-18H2,1H3,(H,29,32). The summed E-state index contributed by atoms with van der Waals surface area (Å²) in [5, 5.41) is 5.22. The normalized spacial score (nSPS) is 16.0. The Morgan fingerprint density at radius 2 is 1.80 bits per heavy atom. The largest absolute Gasteiger partial charge is 0.454 e. The Morgan fingerprint density at radius 1 is 1.03 bits per heavy atom. The zero-order valence-electron chi connectivity index (χ0n) is 19.9. The molecule has 2 amide bonds. The van der Waals surface area contributed by atoms with Gasteiger partial charge >= 0.3 is 0 Å². The Balaban J connectivity index is 1.55. The van der Waals surface area contributed by atoms with Crippen molar-refractivity contribution in [2.24, 2.45) is 0 Å². The van der Waals surface area contributed by atoms with Crippen molar-refractivity contribution in [1.82, 2.24) is 5.32 Å². The quantitative estimate of drug-likeness (QED) is 0.471. The molecule has 2 aliphatic rings. The van der Waals surface area contributed by atoms with Crippen LogP contribution in [-0.4, -0.2) is 24.6 Å². The van der Waals surface area contributed by atoms with E-state index < -0.39 is 6.04 Å². The van der Waals surface area contributed by atoms with E-state index in [-0.39, 0.29) is 31.1 Å². The van der Waals surface area contributed by atoms with E-state index in [2.05, 4.69) is 5.32 Å². The molecule has 1 fully saturated rings. The monoisotopic (exact) mass is 490 g/mol. The average molecular weight is 491 g/mol. The van der Waals surface area contributed by atoms with Crippen molar-refractivity contribution >= 4 is 28.8 Å². The van der Waals surface area contributed by atoms with Crippen LogP contribution in [0.4, 0.5) is 5.69 Å². The lowest BCUT2D eigenvalue weighted by Gasteiger charge is -2.33. The van der Waals surface area contributed by atoms with Crippen LogP contribution in [0.1, 0.15) is 54.1 Å². The highest BCUT2D eigenvalue weighted by Gasteiger charge is 2.35. The molecule has 1 unspecified atom stereocenters. The minimum Gasteiger partial charge on any atom is -0.454 e. The Kier molecular flexibility index (Phi) is 7.04. The first-order chi connectivity index (χ1) is 17.1. The smallest absolute Gasteiger partial charge is 0.248 e. The molecule has 1 aliphatic carbocycles. The fraction of sp³-hybridized carbons (Fsp3) is 0.357. The topological polar surface area (TPSA) is 67.9 Å². The van der Waals surface area contributed by atoms with Crippen molar-refractivity contribution in [3.05, 3.63) is 76.0 Å². The number of carbonyl (C=O) groups is 2. The Labute approximate surface area is 209 Å². The van der Waals surface area contributed by atoms with E-state index in [0.717, 1.165) is 41.7 Å². The second-order valence-corrected chi connectivity index (χ2v) is 10.2. The summed E-state index contributed by atoms with van der Waals surface area (Å²) in [6.45, 7) is 2.16. The molecule has 1 aromatic heterocycles. The van der Waals surface area contributed by atoms with Gasteiger partial charge in [-0.25, -0.2) is 0 Å². The molecule has 1 N–H and O–H groups in total. The number of hydrogen-bond donors (Lipinski definition) is 1. The van der Waals surface area contributed by atoms with Crippen molar-refractivity contribution in [2.75, 3.05) is 11.7 Å². The fourth-order valence-electron chi connectivity index (χ4n) is 4.81. The Bertz CT molecular complexity index is 1170. The SMILES string of the molecule is Cc1ccc(C(C(=O)NC2CCCCC2)N(C(=O)Cc2cccs2)c2ccc3c(c2)OCO3)cc1. The van der Waals surface area contributed by atoms with Crippen LogP contribution >= 0.6 is 11.3 Å². The molecule has 2 heterocycles. The van der Waals surface area contributed by atoms with Gasteiger partial charge in [-0.3, -0.25) is 14.5 Å². The lowest BCUT2D eigenvalue weighted by Crippen LogP contribution is -2.47. The van der Waals surface area contributed by atoms with Crippen LogP contribution in [0, 0.1) is 6.92 Å². The number of nitrogens with one attached hydrogen (secondary N) is 1. The molecular formula is C28H30N2O4S. The summed E-state index contributed by atoms with van der Waals surface area (Å²) in [6, 6.07) is 16.5. The molecule has 1 aliphatic heterocycles. The maximum Gasteiger partial charge on any atom is 0.248 e. The maximum atomic E-state index is 13.9. The number of carbonyl (C=O) groups excluding carboxylic acids is 2. The van der Waals surface area contributed by atoms with Crippen LogP contribution in [0.2, 0.25) is 0 Å². The molecule has 3 aromatic rings. The predicted molar refractivity (Wildman–Crippen MR) is 137 cm³/mol. The first-order valence-electron chi connectivity index (χ1n) is 12.2. The summed E-state index contributed by atoms with van der Waals surface area (Å²) in [5.41, 5.74) is 2.49. The number of rotatable bonds is 7. The van der Waals surface area contributed by atoms with Crippen LogP contribution in [-0.2, 0) is 16.0 Å². The van der Waals surface area contributed by atoms with E-state index in [9.17, 15) is 9.59 Å². The molecule has 0 radical (unpaired) electrons. The Hall–Kier alpha value is -3.32. The van der Waals surface area contributed by atoms with Gasteiger partial charge in [0.05, 0.1) is 6.42 Å². The van der Waals surface area contributed by atoms with Crippen molar-refractivity contribution in [3.8, 4) is 11.5 Å². The Morgan fingerprint density at radius 3 is 2.54 bits per heavy atom. The highest BCUT2D eigenvalue weighted by molar-refractivity contribution is 7.10. The van der Waals surface area contributed by atoms with E-state index in [1.165, 1.54) is 17.8 Å². The van der Waals surface area contributed by atoms with E-state index in [0.29, 0.717) is 17.2 Å². The van der Waals surface area contributed by atoms with Crippen LogP contribution in [0.5, 0.6) is 11.5 Å². The molecule has 35 heavy (non-hydrogen) atoms. The van der Waals surface area contributed by atoms with Crippen LogP contribution in [0.25, 0.3) is 0 Å². The summed E-state index contributed by atoms with van der Waals surface area (Å²) in [7, 11) is 0. The van der Waals surface area contributed by atoms with Gasteiger partial charge in [-0.15, -0.1) is 11.3 Å². The third-order valence-electron chi connectivity index (χ3n) is 6.66. The third kappa shape index (κ3) is 5.35. The molecule has 0 saturated heterocycles. The highest BCUT2D eigenvalue weighted by atomic mass is 32.1. The number of fused-ring (bicyclic) bond motifs is 1. The predicted octanol–water partition coefficient (Wildman–Crippen LogP) is 5.55. The lowest BCUT2D eigenvalue weighted by molar-refractivity contribution is -0.127. The minimum absolute atomic E-state index is 0.134. The number of hydrogen-bond acceptors (Lipinski definition) is 5. The molecule has 0 bridgehead atoms. The second kappa shape index (κ2) is 10.5. The number of benzene rings is 2. The van der Waals surface area contributed by atoms with Gasteiger partial charge in [0.25, 0.3) is 0 Å². The van der Waals surface area contributed by atoms with Gasteiger partial charge in [0.15, 0.2) is 11.5 Å². The van der Waals surface area contributed by atoms with E-state index in [1.54, 1.807) is 17.0 Å². The molecule has 1 atom stereocenters. The van der Waals surface area contributed by atoms with Crippen molar-refractivity contribution in [1.29, 1.82) is 0 Å². The summed E-state index contributed by atoms with van der Waals surface area (Å²) in [5.74, 6) is 0.915. The van der Waals surface area contributed by atoms with E-state index in [1.807, 2.05) is 54.8 Å². The number of anilines is 1. The zero-order chi connectivity index (χ0) is 24.2. The minimum atomic E-state index is -0.801. The molecule has 5 rings (SSSR count). The van der Waals surface area contributed by atoms with Gasteiger partial charge in [-0.1, -0.05) is 55.2 Å². The van der Waals surface area contributed by atoms with Gasteiger partial charge in [0, 0.05) is 22.7 Å². The lowest BCUT2D eigenvalue weighted by atomic mass is 9.94. The van der Waals surface area contributed by atoms with Crippen molar-refractivity contribution < 1.29 is 19.1 Å². The second-order valence-electron chi connectivity index (χ2n) is 9.21.